The van der Waals surface area contributed by atoms with E-state index in [1.54, 1.807) is 54.4 Å². The summed E-state index contributed by atoms with van der Waals surface area (Å²) < 4.78 is 28.8. The molecule has 4 atom stereocenters. The molecular weight excluding hydrogens is 593 g/mol. The Kier molecular flexibility index (Phi) is 8.62. The lowest BCUT2D eigenvalue weighted by Crippen LogP contribution is -2.59. The summed E-state index contributed by atoms with van der Waals surface area (Å²) in [6, 6.07) is 9.78. The number of nitrogens with one attached hydrogen (secondary N) is 2. The number of nitrogens with zero attached hydrogens (tertiary/aromatic N) is 5. The average molecular weight is 623 g/mol. The number of rotatable bonds is 8. The second kappa shape index (κ2) is 12.0. The van der Waals surface area contributed by atoms with Gasteiger partial charge in [0, 0.05) is 34.7 Å². The first-order chi connectivity index (χ1) is 19.5. The van der Waals surface area contributed by atoms with E-state index in [2.05, 4.69) is 25.7 Å². The van der Waals surface area contributed by atoms with Gasteiger partial charge in [-0.15, -0.1) is 5.10 Å². The number of carbonyl (C=O) groups is 2. The summed E-state index contributed by atoms with van der Waals surface area (Å²) in [5.74, 6) is -1.41. The Bertz CT molecular complexity index is 1570. The number of hydrogen-bond acceptors (Lipinski definition) is 8. The molecule has 0 spiro atoms. The number of fused-ring (bicyclic) bond motifs is 1. The molecule has 1 aliphatic heterocycles. The van der Waals surface area contributed by atoms with E-state index in [0.717, 1.165) is 19.1 Å². The molecule has 1 aliphatic carbocycles. The Morgan fingerprint density at radius 1 is 1.12 bits per heavy atom. The van der Waals surface area contributed by atoms with Crippen LogP contribution in [0.1, 0.15) is 65.0 Å². The molecule has 2 aromatic carbocycles. The SMILES string of the molecule is Cn1nnnc1CONC(=O)[C@@H]1c2ccccc2C(=O)N([C@H]2CCCC[C@@H]2NS(C)(=O)=O)[C@H]1c1ccc(Cl)cc1Cl. The molecule has 0 saturated heterocycles. The molecule has 218 valence electrons. The van der Waals surface area contributed by atoms with Crippen LogP contribution in [0, 0.1) is 0 Å². The topological polar surface area (TPSA) is 148 Å². The molecule has 3 aromatic rings. The molecule has 2 amide bonds. The van der Waals surface area contributed by atoms with Crippen LogP contribution in [0.25, 0.3) is 0 Å². The van der Waals surface area contributed by atoms with E-state index in [0.29, 0.717) is 40.4 Å². The number of tetrazole rings is 1. The van der Waals surface area contributed by atoms with Crippen molar-refractivity contribution in [1.82, 2.24) is 35.3 Å². The number of sulfonamides is 1. The standard InChI is InChI=1S/C26H29Cl2N7O5S/c1-34-22(29-32-33-34)14-40-30-25(36)23-16-7-3-4-8-17(16)26(37)35(24(23)18-12-11-15(27)13-19(18)28)21-10-6-5-9-20(21)31-41(2,38)39/h3-4,7-8,11-13,20-21,23-24,31H,5-6,9-10,14H2,1-2H3,(H,30,36)/t20-,21-,23+,24-/m0/s1. The van der Waals surface area contributed by atoms with Crippen LogP contribution >= 0.6 is 23.2 Å². The van der Waals surface area contributed by atoms with Crippen LogP contribution in [-0.2, 0) is 33.3 Å². The lowest BCUT2D eigenvalue weighted by Gasteiger charge is -2.49. The zero-order valence-corrected chi connectivity index (χ0v) is 24.7. The van der Waals surface area contributed by atoms with Gasteiger partial charge in [-0.1, -0.05) is 60.3 Å². The predicted octanol–water partition coefficient (Wildman–Crippen LogP) is 2.91. The Morgan fingerprint density at radius 2 is 1.88 bits per heavy atom. The molecular formula is C26H29Cl2N7O5S. The lowest BCUT2D eigenvalue weighted by atomic mass is 9.76. The highest BCUT2D eigenvalue weighted by Crippen LogP contribution is 2.47. The Labute approximate surface area is 247 Å². The third-order valence-corrected chi connectivity index (χ3v) is 8.77. The summed E-state index contributed by atoms with van der Waals surface area (Å²) >= 11 is 12.9. The fourth-order valence-electron chi connectivity index (χ4n) is 5.73. The van der Waals surface area contributed by atoms with Crippen molar-refractivity contribution in [3.8, 4) is 0 Å². The molecule has 5 rings (SSSR count). The molecule has 1 saturated carbocycles. The Balaban J connectivity index is 1.61. The van der Waals surface area contributed by atoms with Crippen LogP contribution in [0.5, 0.6) is 0 Å². The van der Waals surface area contributed by atoms with Crippen LogP contribution in [0.4, 0.5) is 0 Å². The Hall–Kier alpha value is -3.10. The molecule has 2 N–H and O–H groups in total. The van der Waals surface area contributed by atoms with E-state index < -0.39 is 40.0 Å². The maximum atomic E-state index is 14.3. The second-order valence-corrected chi connectivity index (χ2v) is 12.8. The van der Waals surface area contributed by atoms with E-state index >= 15 is 0 Å². The van der Waals surface area contributed by atoms with Crippen molar-refractivity contribution >= 4 is 45.0 Å². The molecule has 1 aromatic heterocycles. The van der Waals surface area contributed by atoms with Crippen molar-refractivity contribution in [2.75, 3.05) is 6.26 Å². The van der Waals surface area contributed by atoms with Gasteiger partial charge < -0.3 is 4.90 Å². The molecule has 0 radical (unpaired) electrons. The van der Waals surface area contributed by atoms with Crippen LogP contribution in [0.3, 0.4) is 0 Å². The van der Waals surface area contributed by atoms with Crippen molar-refractivity contribution in [2.45, 2.75) is 56.3 Å². The highest BCUT2D eigenvalue weighted by atomic mass is 35.5. The van der Waals surface area contributed by atoms with E-state index in [4.69, 9.17) is 28.0 Å². The maximum absolute atomic E-state index is 14.3. The van der Waals surface area contributed by atoms with E-state index in [1.807, 2.05) is 0 Å². The Morgan fingerprint density at radius 3 is 2.59 bits per heavy atom. The van der Waals surface area contributed by atoms with Crippen LogP contribution < -0.4 is 10.2 Å². The van der Waals surface area contributed by atoms with Crippen LogP contribution in [-0.4, -0.2) is 63.7 Å². The molecule has 15 heteroatoms. The quantitative estimate of drug-likeness (QED) is 0.365. The van der Waals surface area contributed by atoms with E-state index in [1.165, 1.54) is 4.68 Å². The molecule has 41 heavy (non-hydrogen) atoms. The summed E-state index contributed by atoms with van der Waals surface area (Å²) in [4.78, 5) is 35.4. The minimum Gasteiger partial charge on any atom is -0.326 e. The highest BCUT2D eigenvalue weighted by Gasteiger charge is 2.49. The average Bonchev–Trinajstić information content (AvgIpc) is 3.33. The fourth-order valence-corrected chi connectivity index (χ4v) is 7.08. The van der Waals surface area contributed by atoms with Gasteiger partial charge in [-0.3, -0.25) is 14.4 Å². The summed E-state index contributed by atoms with van der Waals surface area (Å²) in [6.07, 6.45) is 3.75. The van der Waals surface area contributed by atoms with Crippen LogP contribution in [0.15, 0.2) is 42.5 Å². The van der Waals surface area contributed by atoms with Gasteiger partial charge in [-0.05, 0) is 52.6 Å². The number of amides is 2. The number of carbonyl (C=O) groups excluding carboxylic acids is 2. The lowest BCUT2D eigenvalue weighted by molar-refractivity contribution is -0.138. The summed E-state index contributed by atoms with van der Waals surface area (Å²) in [5.41, 5.74) is 3.85. The molecule has 1 fully saturated rings. The van der Waals surface area contributed by atoms with Gasteiger partial charge in [0.15, 0.2) is 5.82 Å². The van der Waals surface area contributed by atoms with Gasteiger partial charge in [-0.25, -0.2) is 23.3 Å². The van der Waals surface area contributed by atoms with Gasteiger partial charge in [0.2, 0.25) is 10.0 Å². The van der Waals surface area contributed by atoms with Gasteiger partial charge >= 0.3 is 0 Å². The molecule has 12 nitrogen and oxygen atoms in total. The van der Waals surface area contributed by atoms with Gasteiger partial charge in [0.1, 0.15) is 6.61 Å². The molecule has 2 heterocycles. The fraction of sp³-hybridized carbons (Fsp3) is 0.423. The van der Waals surface area contributed by atoms with E-state index in [9.17, 15) is 18.0 Å². The zero-order chi connectivity index (χ0) is 29.3. The third-order valence-electron chi connectivity index (χ3n) is 7.47. The van der Waals surface area contributed by atoms with Crippen molar-refractivity contribution in [3.05, 3.63) is 75.0 Å². The zero-order valence-electron chi connectivity index (χ0n) is 22.3. The van der Waals surface area contributed by atoms with Crippen molar-refractivity contribution in [2.24, 2.45) is 7.05 Å². The number of hydrogen-bond donors (Lipinski definition) is 2. The maximum Gasteiger partial charge on any atom is 0.255 e. The first kappa shape index (κ1) is 29.4. The monoisotopic (exact) mass is 621 g/mol. The number of aromatic nitrogens is 4. The minimum atomic E-state index is -3.59. The minimum absolute atomic E-state index is 0.0956. The van der Waals surface area contributed by atoms with Crippen LogP contribution in [0.2, 0.25) is 10.0 Å². The largest absolute Gasteiger partial charge is 0.326 e. The summed E-state index contributed by atoms with van der Waals surface area (Å²) in [7, 11) is -1.94. The number of benzene rings is 2. The number of hydroxylamine groups is 1. The van der Waals surface area contributed by atoms with E-state index in [-0.39, 0.29) is 17.5 Å². The van der Waals surface area contributed by atoms with Gasteiger partial charge in [-0.2, -0.15) is 0 Å². The first-order valence-electron chi connectivity index (χ1n) is 13.0. The molecule has 0 bridgehead atoms. The highest BCUT2D eigenvalue weighted by molar-refractivity contribution is 7.88. The van der Waals surface area contributed by atoms with Crippen molar-refractivity contribution in [1.29, 1.82) is 0 Å². The van der Waals surface area contributed by atoms with Crippen molar-refractivity contribution in [3.63, 3.8) is 0 Å². The molecule has 0 unspecified atom stereocenters. The number of aryl methyl sites for hydroxylation is 1. The predicted molar refractivity (Wildman–Crippen MR) is 150 cm³/mol. The third kappa shape index (κ3) is 6.24. The normalized spacial score (nSPS) is 22.8. The smallest absolute Gasteiger partial charge is 0.255 e. The molecule has 2 aliphatic rings. The van der Waals surface area contributed by atoms with Crippen molar-refractivity contribution < 1.29 is 22.8 Å². The summed E-state index contributed by atoms with van der Waals surface area (Å²) in [6.45, 7) is -0.0956. The summed E-state index contributed by atoms with van der Waals surface area (Å²) in [5, 5.41) is 11.8. The number of halogens is 2. The first-order valence-corrected chi connectivity index (χ1v) is 15.7. The van der Waals surface area contributed by atoms with Gasteiger partial charge in [0.25, 0.3) is 11.8 Å². The second-order valence-electron chi connectivity index (χ2n) is 10.2. The van der Waals surface area contributed by atoms with Gasteiger partial charge in [0.05, 0.1) is 18.2 Å².